The number of aromatic nitrogens is 3. The molecule has 33 heavy (non-hydrogen) atoms. The number of carbonyl (C=O) groups excluding carboxylic acids is 1. The summed E-state index contributed by atoms with van der Waals surface area (Å²) >= 11 is 7.59. The Kier molecular flexibility index (Phi) is 7.42. The van der Waals surface area contributed by atoms with Gasteiger partial charge in [0, 0.05) is 22.6 Å². The summed E-state index contributed by atoms with van der Waals surface area (Å²) in [5.41, 5.74) is 3.33. The standard InChI is InChI=1S/C25H25ClN4O2S/c1-3-5-15-29-17-27-23(22(29)24(31)32-4-2)28-25-30(20-9-7-6-8-10-20)21(16-33-25)18-11-13-19(26)14-12-18/h6-14,16-17H,3-5,15H2,1-2H3. The lowest BCUT2D eigenvalue weighted by atomic mass is 10.1. The van der Waals surface area contributed by atoms with Crippen LogP contribution in [-0.4, -0.2) is 26.7 Å². The second-order valence-electron chi connectivity index (χ2n) is 7.38. The van der Waals surface area contributed by atoms with Gasteiger partial charge in [0.2, 0.25) is 0 Å². The number of imidazole rings is 1. The van der Waals surface area contributed by atoms with Crippen molar-refractivity contribution in [3.63, 3.8) is 0 Å². The van der Waals surface area contributed by atoms with Crippen LogP contribution in [0.5, 0.6) is 0 Å². The van der Waals surface area contributed by atoms with Crippen molar-refractivity contribution in [1.82, 2.24) is 14.1 Å². The molecule has 0 saturated carbocycles. The third kappa shape index (κ3) is 5.10. The Balaban J connectivity index is 1.89. The number of thiazole rings is 1. The van der Waals surface area contributed by atoms with Gasteiger partial charge < -0.3 is 9.30 Å². The fraction of sp³-hybridized carbons (Fsp3) is 0.240. The molecule has 0 fully saturated rings. The van der Waals surface area contributed by atoms with Crippen LogP contribution in [0.15, 0.2) is 71.3 Å². The molecule has 6 nitrogen and oxygen atoms in total. The van der Waals surface area contributed by atoms with Gasteiger partial charge in [-0.1, -0.05) is 55.3 Å². The molecule has 2 aromatic carbocycles. The van der Waals surface area contributed by atoms with Crippen molar-refractivity contribution in [2.24, 2.45) is 4.99 Å². The van der Waals surface area contributed by atoms with E-state index in [1.54, 1.807) is 13.3 Å². The van der Waals surface area contributed by atoms with E-state index in [1.807, 2.05) is 64.5 Å². The number of unbranched alkanes of at least 4 members (excludes halogenated alkanes) is 1. The quantitative estimate of drug-likeness (QED) is 0.279. The number of hydrogen-bond acceptors (Lipinski definition) is 5. The molecule has 0 aliphatic heterocycles. The number of para-hydroxylation sites is 1. The first kappa shape index (κ1) is 23.0. The lowest BCUT2D eigenvalue weighted by molar-refractivity contribution is 0.0514. The topological polar surface area (TPSA) is 61.4 Å². The summed E-state index contributed by atoms with van der Waals surface area (Å²) in [5, 5.41) is 2.73. The minimum absolute atomic E-state index is 0.293. The van der Waals surface area contributed by atoms with Crippen molar-refractivity contribution in [3.8, 4) is 16.9 Å². The van der Waals surface area contributed by atoms with Crippen LogP contribution in [0.3, 0.4) is 0 Å². The first-order valence-corrected chi connectivity index (χ1v) is 12.2. The predicted octanol–water partition coefficient (Wildman–Crippen LogP) is 6.26. The van der Waals surface area contributed by atoms with Gasteiger partial charge in [-0.2, -0.15) is 4.99 Å². The highest BCUT2D eigenvalue weighted by molar-refractivity contribution is 7.07. The molecule has 0 bridgehead atoms. The summed E-state index contributed by atoms with van der Waals surface area (Å²) in [6.07, 6.45) is 3.61. The summed E-state index contributed by atoms with van der Waals surface area (Å²) < 4.78 is 9.21. The van der Waals surface area contributed by atoms with E-state index < -0.39 is 5.97 Å². The van der Waals surface area contributed by atoms with E-state index in [4.69, 9.17) is 21.3 Å². The molecule has 0 spiro atoms. The van der Waals surface area contributed by atoms with Gasteiger partial charge in [0.15, 0.2) is 16.3 Å². The molecule has 0 unspecified atom stereocenters. The molecule has 4 rings (SSSR count). The normalized spacial score (nSPS) is 11.7. The van der Waals surface area contributed by atoms with E-state index in [9.17, 15) is 4.79 Å². The number of halogens is 1. The van der Waals surface area contributed by atoms with E-state index in [0.717, 1.165) is 29.8 Å². The largest absolute Gasteiger partial charge is 0.461 e. The lowest BCUT2D eigenvalue weighted by Crippen LogP contribution is -2.15. The van der Waals surface area contributed by atoms with Crippen LogP contribution in [0, 0.1) is 0 Å². The molecule has 0 radical (unpaired) electrons. The van der Waals surface area contributed by atoms with Crippen LogP contribution in [0.1, 0.15) is 37.2 Å². The molecule has 0 saturated heterocycles. The Morgan fingerprint density at radius 3 is 2.58 bits per heavy atom. The van der Waals surface area contributed by atoms with Crippen LogP contribution in [0.2, 0.25) is 5.02 Å². The fourth-order valence-electron chi connectivity index (χ4n) is 3.49. The minimum Gasteiger partial charge on any atom is -0.461 e. The van der Waals surface area contributed by atoms with Gasteiger partial charge in [-0.25, -0.2) is 9.78 Å². The number of benzene rings is 2. The van der Waals surface area contributed by atoms with Crippen molar-refractivity contribution in [2.75, 3.05) is 6.61 Å². The van der Waals surface area contributed by atoms with Gasteiger partial charge in [-0.15, -0.1) is 11.3 Å². The zero-order chi connectivity index (χ0) is 23.2. The Labute approximate surface area is 201 Å². The molecule has 170 valence electrons. The Hall–Kier alpha value is -3.16. The second-order valence-corrected chi connectivity index (χ2v) is 8.65. The second kappa shape index (κ2) is 10.6. The third-order valence-electron chi connectivity index (χ3n) is 5.10. The highest BCUT2D eigenvalue weighted by atomic mass is 35.5. The molecule has 2 heterocycles. The number of esters is 1. The van der Waals surface area contributed by atoms with Gasteiger partial charge in [0.05, 0.1) is 18.6 Å². The number of aryl methyl sites for hydroxylation is 1. The summed E-state index contributed by atoms with van der Waals surface area (Å²) in [7, 11) is 0. The maximum absolute atomic E-state index is 12.8. The molecule has 0 aliphatic carbocycles. The van der Waals surface area contributed by atoms with Crippen molar-refractivity contribution in [2.45, 2.75) is 33.2 Å². The zero-order valence-electron chi connectivity index (χ0n) is 18.6. The number of ether oxygens (including phenoxy) is 1. The van der Waals surface area contributed by atoms with E-state index in [-0.39, 0.29) is 0 Å². The zero-order valence-corrected chi connectivity index (χ0v) is 20.1. The summed E-state index contributed by atoms with van der Waals surface area (Å²) in [5.74, 6) is -0.0515. The molecule has 4 aromatic rings. The van der Waals surface area contributed by atoms with Gasteiger partial charge in [-0.05, 0) is 43.2 Å². The van der Waals surface area contributed by atoms with Crippen molar-refractivity contribution in [1.29, 1.82) is 0 Å². The van der Waals surface area contributed by atoms with E-state index >= 15 is 0 Å². The SMILES string of the molecule is CCCCn1cnc(N=c2scc(-c3ccc(Cl)cc3)n2-c2ccccc2)c1C(=O)OCC. The van der Waals surface area contributed by atoms with Gasteiger partial charge in [0.25, 0.3) is 0 Å². The van der Waals surface area contributed by atoms with E-state index in [2.05, 4.69) is 16.5 Å². The minimum atomic E-state index is -0.411. The molecular formula is C25H25ClN4O2S. The van der Waals surface area contributed by atoms with Gasteiger partial charge >= 0.3 is 5.97 Å². The van der Waals surface area contributed by atoms with Crippen LogP contribution in [-0.2, 0) is 11.3 Å². The van der Waals surface area contributed by atoms with E-state index in [0.29, 0.717) is 34.5 Å². The van der Waals surface area contributed by atoms with Crippen molar-refractivity contribution in [3.05, 3.63) is 81.8 Å². The van der Waals surface area contributed by atoms with Crippen molar-refractivity contribution >= 4 is 34.7 Å². The Morgan fingerprint density at radius 2 is 1.88 bits per heavy atom. The number of rotatable bonds is 8. The number of carbonyl (C=O) groups is 1. The maximum Gasteiger partial charge on any atom is 0.358 e. The molecule has 2 aromatic heterocycles. The number of hydrogen-bond donors (Lipinski definition) is 0. The first-order valence-electron chi connectivity index (χ1n) is 10.9. The van der Waals surface area contributed by atoms with Crippen LogP contribution < -0.4 is 4.80 Å². The summed E-state index contributed by atoms with van der Waals surface area (Å²) in [4.78, 5) is 22.8. The molecule has 0 amide bonds. The average Bonchev–Trinajstić information content (AvgIpc) is 3.43. The highest BCUT2D eigenvalue weighted by Crippen LogP contribution is 2.26. The first-order chi connectivity index (χ1) is 16.1. The smallest absolute Gasteiger partial charge is 0.358 e. The van der Waals surface area contributed by atoms with E-state index in [1.165, 1.54) is 11.3 Å². The fourth-order valence-corrected chi connectivity index (χ4v) is 4.52. The van der Waals surface area contributed by atoms with Gasteiger partial charge in [0.1, 0.15) is 0 Å². The Morgan fingerprint density at radius 1 is 1.12 bits per heavy atom. The monoisotopic (exact) mass is 480 g/mol. The molecule has 0 aliphatic rings. The molecule has 0 N–H and O–H groups in total. The van der Waals surface area contributed by atoms with Crippen LogP contribution in [0.4, 0.5) is 5.82 Å². The molecular weight excluding hydrogens is 456 g/mol. The average molecular weight is 481 g/mol. The number of nitrogens with zero attached hydrogens (tertiary/aromatic N) is 4. The van der Waals surface area contributed by atoms with Crippen molar-refractivity contribution < 1.29 is 9.53 Å². The highest BCUT2D eigenvalue weighted by Gasteiger charge is 2.20. The lowest BCUT2D eigenvalue weighted by Gasteiger charge is -2.10. The van der Waals surface area contributed by atoms with Gasteiger partial charge in [-0.3, -0.25) is 4.57 Å². The molecule has 0 atom stereocenters. The Bertz CT molecular complexity index is 1290. The maximum atomic E-state index is 12.8. The summed E-state index contributed by atoms with van der Waals surface area (Å²) in [6.45, 7) is 4.88. The third-order valence-corrected chi connectivity index (χ3v) is 6.18. The molecule has 8 heteroatoms. The van der Waals surface area contributed by atoms with Crippen LogP contribution in [0.25, 0.3) is 16.9 Å². The van der Waals surface area contributed by atoms with Crippen LogP contribution >= 0.6 is 22.9 Å². The summed E-state index contributed by atoms with van der Waals surface area (Å²) in [6, 6.07) is 17.7. The predicted molar refractivity (Wildman–Crippen MR) is 132 cm³/mol.